The molecule has 1 N–H and O–H groups in total. The van der Waals surface area contributed by atoms with Crippen LogP contribution in [-0.4, -0.2) is 4.98 Å². The van der Waals surface area contributed by atoms with Crippen LogP contribution in [0.5, 0.6) is 0 Å². The van der Waals surface area contributed by atoms with Crippen LogP contribution >= 0.6 is 15.9 Å². The van der Waals surface area contributed by atoms with E-state index in [1.54, 1.807) is 0 Å². The van der Waals surface area contributed by atoms with Gasteiger partial charge in [0.2, 0.25) is 0 Å². The van der Waals surface area contributed by atoms with Crippen molar-refractivity contribution in [3.05, 3.63) is 33.1 Å². The molecular weight excluding hydrogens is 170 g/mol. The second kappa shape index (κ2) is 2.13. The van der Waals surface area contributed by atoms with E-state index in [1.165, 1.54) is 0 Å². The average molecular weight is 177 g/mol. The van der Waals surface area contributed by atoms with Gasteiger partial charge in [-0.1, -0.05) is 0 Å². The Bertz CT molecular complexity index is 348. The van der Waals surface area contributed by atoms with E-state index in [9.17, 15) is 4.79 Å². The van der Waals surface area contributed by atoms with Gasteiger partial charge in [-0.3, -0.25) is 4.79 Å². The fraction of sp³-hybridized carbons (Fsp3) is 0. The van der Waals surface area contributed by atoms with Crippen molar-refractivity contribution >= 4 is 15.9 Å². The number of rotatable bonds is 0. The number of aromatic amines is 1. The van der Waals surface area contributed by atoms with Gasteiger partial charge >= 0.3 is 0 Å². The molecule has 0 saturated heterocycles. The molecule has 0 unspecified atom stereocenters. The van der Waals surface area contributed by atoms with Crippen molar-refractivity contribution in [2.75, 3.05) is 0 Å². The van der Waals surface area contributed by atoms with Crippen LogP contribution in [0.1, 0.15) is 4.11 Å². The lowest BCUT2D eigenvalue weighted by molar-refractivity contribution is 1.22. The molecule has 1 aromatic heterocycles. The van der Waals surface area contributed by atoms with Crippen LogP contribution in [-0.2, 0) is 0 Å². The number of hydrogen-bond donors (Lipinski definition) is 1. The highest BCUT2D eigenvalue weighted by atomic mass is 79.9. The third-order valence-corrected chi connectivity index (χ3v) is 1.17. The predicted octanol–water partition coefficient (Wildman–Crippen LogP) is 1.14. The molecule has 42 valence electrons. The smallest absolute Gasteiger partial charge is 0.262 e. The molecular formula is C5H4BrNO. The van der Waals surface area contributed by atoms with Crippen molar-refractivity contribution in [2.45, 2.75) is 0 Å². The monoisotopic (exact) mass is 176 g/mol. The number of aromatic nitrogens is 1. The zero-order valence-electron chi connectivity index (χ0n) is 6.79. The summed E-state index contributed by atoms with van der Waals surface area (Å²) in [4.78, 5) is 12.9. The fourth-order valence-electron chi connectivity index (χ4n) is 0.286. The molecule has 1 rings (SSSR count). The van der Waals surface area contributed by atoms with Gasteiger partial charge in [-0.25, -0.2) is 0 Å². The number of pyridine rings is 1. The predicted molar refractivity (Wildman–Crippen MR) is 34.8 cm³/mol. The molecule has 8 heavy (non-hydrogen) atoms. The Labute approximate surface area is 58.9 Å². The number of nitrogens with one attached hydrogen (secondary N) is 1. The first-order valence-electron chi connectivity index (χ1n) is 3.39. The maximum Gasteiger partial charge on any atom is 0.262 e. The van der Waals surface area contributed by atoms with E-state index < -0.39 is 5.56 Å². The largest absolute Gasteiger partial charge is 0.328 e. The zero-order valence-corrected chi connectivity index (χ0v) is 5.37. The normalized spacial score (nSPS) is 14.4. The Balaban J connectivity index is 3.59. The second-order valence-electron chi connectivity index (χ2n) is 1.14. The van der Waals surface area contributed by atoms with E-state index in [1.807, 2.05) is 0 Å². The van der Waals surface area contributed by atoms with Crippen LogP contribution in [0.3, 0.4) is 0 Å². The third-order valence-electron chi connectivity index (χ3n) is 0.610. The Morgan fingerprint density at radius 1 is 1.88 bits per heavy atom. The van der Waals surface area contributed by atoms with Crippen LogP contribution in [0.15, 0.2) is 27.5 Å². The topological polar surface area (TPSA) is 32.9 Å². The van der Waals surface area contributed by atoms with Gasteiger partial charge in [0, 0.05) is 6.17 Å². The SMILES string of the molecule is [2H]c1[nH]c(=O)c(Br)c([2H])c1[2H]. The minimum Gasteiger partial charge on any atom is -0.328 e. The molecule has 0 saturated carbocycles. The quantitative estimate of drug-likeness (QED) is 0.633. The van der Waals surface area contributed by atoms with Crippen LogP contribution < -0.4 is 5.56 Å². The van der Waals surface area contributed by atoms with Crippen molar-refractivity contribution < 1.29 is 4.11 Å². The van der Waals surface area contributed by atoms with Crippen molar-refractivity contribution in [3.63, 3.8) is 0 Å². The Kier molecular flexibility index (Phi) is 0.753. The van der Waals surface area contributed by atoms with Crippen LogP contribution in [0.4, 0.5) is 0 Å². The van der Waals surface area contributed by atoms with E-state index in [0.29, 0.717) is 0 Å². The van der Waals surface area contributed by atoms with E-state index >= 15 is 0 Å². The Morgan fingerprint density at radius 3 is 3.38 bits per heavy atom. The first-order chi connectivity index (χ1) is 5.04. The highest BCUT2D eigenvalue weighted by molar-refractivity contribution is 9.10. The first kappa shape index (κ1) is 2.82. The van der Waals surface area contributed by atoms with Crippen molar-refractivity contribution in [1.82, 2.24) is 4.98 Å². The van der Waals surface area contributed by atoms with Gasteiger partial charge in [-0.05, 0) is 28.0 Å². The molecule has 0 aliphatic rings. The minimum absolute atomic E-state index is 0.00139. The lowest BCUT2D eigenvalue weighted by Gasteiger charge is -1.81. The molecule has 0 aliphatic carbocycles. The lowest BCUT2D eigenvalue weighted by atomic mass is 10.5. The second-order valence-corrected chi connectivity index (χ2v) is 1.94. The molecule has 0 aromatic carbocycles. The number of H-pyrrole nitrogens is 1. The van der Waals surface area contributed by atoms with Gasteiger partial charge in [-0.15, -0.1) is 0 Å². The van der Waals surface area contributed by atoms with E-state index in [4.69, 9.17) is 4.11 Å². The summed E-state index contributed by atoms with van der Waals surface area (Å²) in [5, 5.41) is 0. The van der Waals surface area contributed by atoms with Crippen molar-refractivity contribution in [1.29, 1.82) is 0 Å². The number of hydrogen-bond acceptors (Lipinski definition) is 1. The van der Waals surface area contributed by atoms with Crippen molar-refractivity contribution in [3.8, 4) is 0 Å². The Hall–Kier alpha value is -0.570. The first-order valence-corrected chi connectivity index (χ1v) is 2.69. The van der Waals surface area contributed by atoms with Gasteiger partial charge in [0.15, 0.2) is 0 Å². The summed E-state index contributed by atoms with van der Waals surface area (Å²) < 4.78 is 21.3. The molecule has 2 nitrogen and oxygen atoms in total. The molecule has 1 heterocycles. The van der Waals surface area contributed by atoms with E-state index in [-0.39, 0.29) is 22.7 Å². The van der Waals surface area contributed by atoms with Crippen LogP contribution in [0.2, 0.25) is 0 Å². The van der Waals surface area contributed by atoms with E-state index in [0.717, 1.165) is 0 Å². The van der Waals surface area contributed by atoms with Gasteiger partial charge in [0.25, 0.3) is 5.56 Å². The van der Waals surface area contributed by atoms with Crippen molar-refractivity contribution in [2.24, 2.45) is 0 Å². The average Bonchev–Trinajstić information content (AvgIpc) is 1.97. The molecule has 0 aliphatic heterocycles. The molecule has 0 spiro atoms. The number of halogens is 1. The third kappa shape index (κ3) is 0.980. The van der Waals surface area contributed by atoms with Crippen LogP contribution in [0, 0.1) is 0 Å². The highest BCUT2D eigenvalue weighted by Gasteiger charge is 1.86. The fourth-order valence-corrected chi connectivity index (χ4v) is 0.484. The Morgan fingerprint density at radius 2 is 2.62 bits per heavy atom. The zero-order chi connectivity index (χ0) is 8.59. The lowest BCUT2D eigenvalue weighted by Crippen LogP contribution is -2.02. The molecule has 0 radical (unpaired) electrons. The summed E-state index contributed by atoms with van der Waals surface area (Å²) in [6, 6.07) is -0.532. The van der Waals surface area contributed by atoms with Crippen LogP contribution in [0.25, 0.3) is 0 Å². The molecule has 0 atom stereocenters. The summed E-state index contributed by atoms with van der Waals surface area (Å²) in [5.74, 6) is 0. The maximum atomic E-state index is 10.8. The molecule has 3 heteroatoms. The summed E-state index contributed by atoms with van der Waals surface area (Å²) in [5.41, 5.74) is -0.545. The summed E-state index contributed by atoms with van der Waals surface area (Å²) >= 11 is 2.83. The standard InChI is InChI=1S/C5H4BrNO/c6-4-2-1-3-7-5(4)8/h1-3H,(H,7,8)/i1D,2D,3D. The van der Waals surface area contributed by atoms with Gasteiger partial charge in [-0.2, -0.15) is 0 Å². The molecule has 0 bridgehead atoms. The minimum atomic E-state index is -0.545. The molecule has 0 fully saturated rings. The maximum absolute atomic E-state index is 10.8. The molecule has 1 aromatic rings. The van der Waals surface area contributed by atoms with Gasteiger partial charge in [0.05, 0.1) is 8.58 Å². The highest BCUT2D eigenvalue weighted by Crippen LogP contribution is 1.96. The van der Waals surface area contributed by atoms with Gasteiger partial charge < -0.3 is 4.98 Å². The summed E-state index contributed by atoms with van der Waals surface area (Å²) in [6.07, 6.45) is -0.330. The van der Waals surface area contributed by atoms with Gasteiger partial charge in [0.1, 0.15) is 0 Å². The van der Waals surface area contributed by atoms with E-state index in [2.05, 4.69) is 20.9 Å². The summed E-state index contributed by atoms with van der Waals surface area (Å²) in [6.45, 7) is 0. The summed E-state index contributed by atoms with van der Waals surface area (Å²) in [7, 11) is 0. The molecule has 0 amide bonds.